The summed E-state index contributed by atoms with van der Waals surface area (Å²) in [5, 5.41) is 6.43. The minimum absolute atomic E-state index is 0.0806. The smallest absolute Gasteiger partial charge is 0.278 e. The van der Waals surface area contributed by atoms with Crippen molar-refractivity contribution in [3.63, 3.8) is 0 Å². The summed E-state index contributed by atoms with van der Waals surface area (Å²) < 4.78 is 39.6. The number of aromatic nitrogens is 4. The average Bonchev–Trinajstić information content (AvgIpc) is 3.74. The Kier molecular flexibility index (Phi) is 8.25. The lowest BCUT2D eigenvalue weighted by molar-refractivity contribution is 0.221. The van der Waals surface area contributed by atoms with Gasteiger partial charge in [-0.1, -0.05) is 36.4 Å². The van der Waals surface area contributed by atoms with E-state index in [0.717, 1.165) is 31.2 Å². The molecule has 3 N–H and O–H groups in total. The van der Waals surface area contributed by atoms with E-state index >= 15 is 4.39 Å². The highest BCUT2D eigenvalue weighted by molar-refractivity contribution is 7.81. The van der Waals surface area contributed by atoms with Gasteiger partial charge in [0.15, 0.2) is 16.7 Å². The number of nitrogens with one attached hydrogen (secondary N) is 2. The SMILES string of the molecule is CC(C)n1c(=O)c(-c2ccc(N[C@]3(S(=O)O)C[C@H]3c3ccccc3)c(F)c2)nc2cnc(NC3CCC(N(C)C)CC3)nc21. The van der Waals surface area contributed by atoms with E-state index < -0.39 is 21.8 Å². The third kappa shape index (κ3) is 5.73. The monoisotopic (exact) mass is 619 g/mol. The fraction of sp³-hybridized carbons (Fsp3) is 0.438. The second kappa shape index (κ2) is 12.0. The summed E-state index contributed by atoms with van der Waals surface area (Å²) in [6, 6.07) is 14.3. The number of nitrogens with zero attached hydrogens (tertiary/aromatic N) is 5. The van der Waals surface area contributed by atoms with Crippen LogP contribution in [-0.4, -0.2) is 64.2 Å². The quantitative estimate of drug-likeness (QED) is 0.212. The van der Waals surface area contributed by atoms with Crippen molar-refractivity contribution in [3.05, 3.63) is 76.5 Å². The summed E-state index contributed by atoms with van der Waals surface area (Å²) in [4.78, 5) is 28.6. The number of rotatable bonds is 9. The molecule has 2 aromatic heterocycles. The van der Waals surface area contributed by atoms with Gasteiger partial charge >= 0.3 is 0 Å². The molecule has 0 spiro atoms. The number of anilines is 2. The first kappa shape index (κ1) is 30.3. The molecular formula is C32H38FN7O3S. The lowest BCUT2D eigenvalue weighted by atomic mass is 9.91. The Hall–Kier alpha value is -3.74. The minimum atomic E-state index is -2.25. The van der Waals surface area contributed by atoms with Gasteiger partial charge in [0.2, 0.25) is 5.95 Å². The van der Waals surface area contributed by atoms with Crippen LogP contribution in [0, 0.1) is 5.82 Å². The van der Waals surface area contributed by atoms with E-state index in [9.17, 15) is 13.6 Å². The Labute approximate surface area is 258 Å². The minimum Gasteiger partial charge on any atom is -0.364 e. The van der Waals surface area contributed by atoms with Crippen LogP contribution in [0.15, 0.2) is 59.5 Å². The molecule has 0 amide bonds. The van der Waals surface area contributed by atoms with E-state index in [1.807, 2.05) is 44.2 Å². The Balaban J connectivity index is 1.27. The zero-order chi connectivity index (χ0) is 31.2. The number of hydrogen-bond donors (Lipinski definition) is 3. The summed E-state index contributed by atoms with van der Waals surface area (Å²) in [6.07, 6.45) is 6.20. The van der Waals surface area contributed by atoms with E-state index in [0.29, 0.717) is 35.1 Å². The lowest BCUT2D eigenvalue weighted by Gasteiger charge is -2.32. The van der Waals surface area contributed by atoms with Gasteiger partial charge in [0, 0.05) is 29.6 Å². The second-order valence-corrected chi connectivity index (χ2v) is 13.6. The number of halogens is 1. The average molecular weight is 620 g/mol. The van der Waals surface area contributed by atoms with Crippen molar-refractivity contribution < 1.29 is 13.2 Å². The van der Waals surface area contributed by atoms with Gasteiger partial charge in [-0.3, -0.25) is 9.36 Å². The molecule has 2 heterocycles. The first-order valence-corrected chi connectivity index (χ1v) is 16.1. The standard InChI is InChI=1S/C32H38FN7O3S/c1-19(2)40-29-27(18-34-31(37-29)35-22-11-13-23(14-12-22)39(3)4)36-28(30(40)41)21-10-15-26(25(33)16-21)38-32(44(42)43)17-24(32)20-8-6-5-7-9-20/h5-10,15-16,18-19,22-24,38H,11-14,17H2,1-4H3,(H,42,43)(H,34,35,37)/t22?,23?,24-,32-/m0/s1. The molecule has 2 fully saturated rings. The summed E-state index contributed by atoms with van der Waals surface area (Å²) in [5.74, 6) is -0.426. The van der Waals surface area contributed by atoms with Gasteiger partial charge in [0.25, 0.3) is 5.56 Å². The molecule has 232 valence electrons. The number of fused-ring (bicyclic) bond motifs is 1. The fourth-order valence-corrected chi connectivity index (χ4v) is 7.23. The van der Waals surface area contributed by atoms with Gasteiger partial charge in [-0.15, -0.1) is 0 Å². The van der Waals surface area contributed by atoms with Crippen LogP contribution >= 0.6 is 0 Å². The topological polar surface area (TPSA) is 125 Å². The van der Waals surface area contributed by atoms with Crippen LogP contribution in [-0.2, 0) is 11.1 Å². The molecule has 6 rings (SSSR count). The molecule has 0 aliphatic heterocycles. The van der Waals surface area contributed by atoms with E-state index in [4.69, 9.17) is 4.98 Å². The lowest BCUT2D eigenvalue weighted by Crippen LogP contribution is -2.36. The molecule has 0 bridgehead atoms. The molecule has 1 unspecified atom stereocenters. The van der Waals surface area contributed by atoms with Crippen molar-refractivity contribution in [3.8, 4) is 11.3 Å². The molecule has 2 aromatic carbocycles. The molecule has 0 radical (unpaired) electrons. The predicted molar refractivity (Wildman–Crippen MR) is 172 cm³/mol. The molecule has 44 heavy (non-hydrogen) atoms. The Morgan fingerprint density at radius 2 is 1.82 bits per heavy atom. The van der Waals surface area contributed by atoms with Crippen molar-refractivity contribution in [2.75, 3.05) is 24.7 Å². The summed E-state index contributed by atoms with van der Waals surface area (Å²) in [5.41, 5.74) is 1.82. The van der Waals surface area contributed by atoms with Crippen molar-refractivity contribution >= 4 is 33.9 Å². The zero-order valence-corrected chi connectivity index (χ0v) is 26.1. The Bertz CT molecular complexity index is 1760. The van der Waals surface area contributed by atoms with Crippen LogP contribution in [0.3, 0.4) is 0 Å². The first-order valence-electron chi connectivity index (χ1n) is 15.0. The number of hydrogen-bond acceptors (Lipinski definition) is 8. The Morgan fingerprint density at radius 1 is 1.09 bits per heavy atom. The van der Waals surface area contributed by atoms with E-state index in [1.165, 1.54) is 12.1 Å². The zero-order valence-electron chi connectivity index (χ0n) is 25.3. The van der Waals surface area contributed by atoms with Crippen molar-refractivity contribution in [2.45, 2.75) is 74.9 Å². The van der Waals surface area contributed by atoms with E-state index in [2.05, 4.69) is 39.6 Å². The molecule has 2 aliphatic carbocycles. The van der Waals surface area contributed by atoms with Crippen LogP contribution in [0.1, 0.15) is 63.5 Å². The molecule has 10 nitrogen and oxygen atoms in total. The largest absolute Gasteiger partial charge is 0.364 e. The first-order chi connectivity index (χ1) is 21.1. The van der Waals surface area contributed by atoms with E-state index in [1.54, 1.807) is 16.8 Å². The normalized spacial score (nSPS) is 24.0. The van der Waals surface area contributed by atoms with Gasteiger partial charge < -0.3 is 20.1 Å². The van der Waals surface area contributed by atoms with Crippen LogP contribution in [0.5, 0.6) is 0 Å². The van der Waals surface area contributed by atoms with Crippen LogP contribution < -0.4 is 16.2 Å². The van der Waals surface area contributed by atoms with Crippen molar-refractivity contribution in [1.82, 2.24) is 24.4 Å². The second-order valence-electron chi connectivity index (χ2n) is 12.4. The Morgan fingerprint density at radius 3 is 2.45 bits per heavy atom. The van der Waals surface area contributed by atoms with Crippen LogP contribution in [0.2, 0.25) is 0 Å². The van der Waals surface area contributed by atoms with Crippen LogP contribution in [0.25, 0.3) is 22.4 Å². The summed E-state index contributed by atoms with van der Waals surface area (Å²) >= 11 is -2.25. The van der Waals surface area contributed by atoms with Gasteiger partial charge in [-0.2, -0.15) is 4.98 Å². The third-order valence-electron chi connectivity index (χ3n) is 8.92. The summed E-state index contributed by atoms with van der Waals surface area (Å²) in [6.45, 7) is 3.78. The molecule has 3 atom stereocenters. The molecule has 2 saturated carbocycles. The fourth-order valence-electron chi connectivity index (χ4n) is 6.34. The van der Waals surface area contributed by atoms with Gasteiger partial charge in [0.1, 0.15) is 21.9 Å². The highest BCUT2D eigenvalue weighted by atomic mass is 32.2. The third-order valence-corrected chi connectivity index (χ3v) is 10.1. The molecule has 12 heteroatoms. The maximum atomic E-state index is 15.5. The van der Waals surface area contributed by atoms with Gasteiger partial charge in [-0.25, -0.2) is 18.6 Å². The van der Waals surface area contributed by atoms with Crippen molar-refractivity contribution in [1.29, 1.82) is 0 Å². The maximum absolute atomic E-state index is 15.5. The predicted octanol–water partition coefficient (Wildman–Crippen LogP) is 5.38. The van der Waals surface area contributed by atoms with Gasteiger partial charge in [-0.05, 0) is 77.7 Å². The molecule has 2 aliphatic rings. The molecule has 0 saturated heterocycles. The van der Waals surface area contributed by atoms with E-state index in [-0.39, 0.29) is 34.9 Å². The highest BCUT2D eigenvalue weighted by Crippen LogP contribution is 2.55. The van der Waals surface area contributed by atoms with Crippen LogP contribution in [0.4, 0.5) is 16.0 Å². The number of benzene rings is 2. The van der Waals surface area contributed by atoms with Crippen molar-refractivity contribution in [2.24, 2.45) is 0 Å². The highest BCUT2D eigenvalue weighted by Gasteiger charge is 2.60. The molecular weight excluding hydrogens is 581 g/mol. The summed E-state index contributed by atoms with van der Waals surface area (Å²) in [7, 11) is 4.23. The van der Waals surface area contributed by atoms with Gasteiger partial charge in [0.05, 0.1) is 11.9 Å². The molecule has 4 aromatic rings. The maximum Gasteiger partial charge on any atom is 0.278 e.